The first-order valence-corrected chi connectivity index (χ1v) is 9.50. The Bertz CT molecular complexity index is 897. The minimum Gasteiger partial charge on any atom is -0.466 e. The van der Waals surface area contributed by atoms with Crippen LogP contribution in [-0.4, -0.2) is 59.6 Å². The van der Waals surface area contributed by atoms with E-state index in [4.69, 9.17) is 0 Å². The number of nitrogens with zero attached hydrogens (tertiary/aromatic N) is 1. The van der Waals surface area contributed by atoms with Gasteiger partial charge in [0.15, 0.2) is 0 Å². The summed E-state index contributed by atoms with van der Waals surface area (Å²) in [6, 6.07) is 4.03. The maximum Gasteiger partial charge on any atom is 0.393 e. The molecule has 0 aromatic heterocycles. The Morgan fingerprint density at radius 3 is 1.94 bits per heavy atom. The van der Waals surface area contributed by atoms with E-state index in [1.807, 2.05) is 0 Å². The Balaban J connectivity index is 2.72. The number of hydrogen-bond acceptors (Lipinski definition) is 4. The van der Waals surface area contributed by atoms with E-state index in [1.54, 1.807) is 0 Å². The lowest BCUT2D eigenvalue weighted by Gasteiger charge is -2.42. The number of alkyl halides is 12. The molecule has 4 nitrogen and oxygen atoms in total. The molecule has 1 saturated heterocycles. The third-order valence-electron chi connectivity index (χ3n) is 5.03. The summed E-state index contributed by atoms with van der Waals surface area (Å²) >= 11 is 3.76. The van der Waals surface area contributed by atoms with Crippen LogP contribution in [0.3, 0.4) is 0 Å². The number of rotatable bonds is 8. The SMILES string of the molecule is CCOC(=O)[C@@H]1[C@H](c2ccccc2)N(C)O[C@@]1(F)C(F)(F)C(F)(F)C(F)(F)C(F)(F)C(F)(F)Cl. The van der Waals surface area contributed by atoms with Crippen LogP contribution < -0.4 is 0 Å². The number of benzene rings is 1. The molecule has 1 aliphatic heterocycles. The summed E-state index contributed by atoms with van der Waals surface area (Å²) in [5, 5.41) is -6.37. The van der Waals surface area contributed by atoms with Gasteiger partial charge in [-0.1, -0.05) is 30.3 Å². The van der Waals surface area contributed by atoms with E-state index in [9.17, 15) is 48.7 Å². The molecule has 1 aliphatic rings. The molecule has 0 amide bonds. The van der Waals surface area contributed by atoms with Crippen molar-refractivity contribution in [1.82, 2.24) is 5.06 Å². The normalized spacial score (nSPS) is 25.5. The van der Waals surface area contributed by atoms with Crippen LogP contribution in [0, 0.1) is 5.92 Å². The van der Waals surface area contributed by atoms with Crippen LogP contribution in [0.5, 0.6) is 0 Å². The first-order chi connectivity index (χ1) is 15.2. The van der Waals surface area contributed by atoms with E-state index in [0.717, 1.165) is 19.1 Å². The van der Waals surface area contributed by atoms with Crippen molar-refractivity contribution in [3.05, 3.63) is 35.9 Å². The smallest absolute Gasteiger partial charge is 0.393 e. The van der Waals surface area contributed by atoms with Crippen molar-refractivity contribution in [3.63, 3.8) is 0 Å². The van der Waals surface area contributed by atoms with Gasteiger partial charge < -0.3 is 4.74 Å². The Morgan fingerprint density at radius 2 is 1.50 bits per heavy atom. The average molecular weight is 538 g/mol. The topological polar surface area (TPSA) is 38.8 Å². The Hall–Kier alpha value is -1.87. The fraction of sp³-hybridized carbons (Fsp3) is 0.611. The standard InChI is InChI=1S/C18H15ClF11NO3/c1-3-33-12(32)10-11(9-7-5-4-6-8-9)31(2)34-13(10,20)14(21,22)15(23,24)16(25,26)17(27,28)18(19,29)30/h4-8,10-11H,3H2,1-2H3/t10-,11-,13+/m0/s1. The molecule has 34 heavy (non-hydrogen) atoms. The van der Waals surface area contributed by atoms with Gasteiger partial charge in [0, 0.05) is 7.05 Å². The molecule has 16 heteroatoms. The lowest BCUT2D eigenvalue weighted by Crippen LogP contribution is -2.72. The Labute approximate surface area is 189 Å². The van der Waals surface area contributed by atoms with E-state index in [2.05, 4.69) is 21.2 Å². The molecular weight excluding hydrogens is 523 g/mol. The largest absolute Gasteiger partial charge is 0.466 e. The van der Waals surface area contributed by atoms with Crippen LogP contribution in [0.2, 0.25) is 0 Å². The molecule has 3 atom stereocenters. The zero-order valence-corrected chi connectivity index (χ0v) is 17.7. The maximum atomic E-state index is 15.6. The zero-order valence-electron chi connectivity index (χ0n) is 17.0. The molecular formula is C18H15ClF11NO3. The summed E-state index contributed by atoms with van der Waals surface area (Å²) in [4.78, 5) is 16.4. The molecule has 1 aromatic carbocycles. The predicted molar refractivity (Wildman–Crippen MR) is 92.6 cm³/mol. The van der Waals surface area contributed by atoms with Crippen molar-refractivity contribution < 1.29 is 62.7 Å². The molecule has 0 spiro atoms. The second-order valence-corrected chi connectivity index (χ2v) is 7.64. The van der Waals surface area contributed by atoms with Gasteiger partial charge >= 0.3 is 40.9 Å². The number of hydroxylamine groups is 2. The second-order valence-electron chi connectivity index (χ2n) is 7.16. The molecule has 0 aliphatic carbocycles. The van der Waals surface area contributed by atoms with Gasteiger partial charge in [0.2, 0.25) is 0 Å². The molecule has 1 aromatic rings. The summed E-state index contributed by atoms with van der Waals surface area (Å²) in [6.07, 6.45) is 0. The summed E-state index contributed by atoms with van der Waals surface area (Å²) in [5.74, 6) is -40.2. The van der Waals surface area contributed by atoms with Gasteiger partial charge in [0.05, 0.1) is 12.6 Å². The predicted octanol–water partition coefficient (Wildman–Crippen LogP) is 5.82. The molecule has 194 valence electrons. The van der Waals surface area contributed by atoms with E-state index in [1.165, 1.54) is 18.2 Å². The lowest BCUT2D eigenvalue weighted by molar-refractivity contribution is -0.441. The summed E-state index contributed by atoms with van der Waals surface area (Å²) in [6.45, 7) is 0.462. The highest BCUT2D eigenvalue weighted by Gasteiger charge is 2.92. The van der Waals surface area contributed by atoms with E-state index in [0.29, 0.717) is 7.05 Å². The number of ether oxygens (including phenoxy) is 1. The van der Waals surface area contributed by atoms with Crippen LogP contribution in [0.1, 0.15) is 18.5 Å². The van der Waals surface area contributed by atoms with Crippen LogP contribution in [0.15, 0.2) is 30.3 Å². The van der Waals surface area contributed by atoms with Crippen molar-refractivity contribution in [3.8, 4) is 0 Å². The summed E-state index contributed by atoms with van der Waals surface area (Å²) in [5.41, 5.74) is -0.230. The van der Waals surface area contributed by atoms with Gasteiger partial charge in [-0.15, -0.1) is 0 Å². The Kier molecular flexibility index (Phi) is 7.22. The van der Waals surface area contributed by atoms with Crippen LogP contribution in [0.25, 0.3) is 0 Å². The van der Waals surface area contributed by atoms with E-state index < -0.39 is 59.5 Å². The number of hydrogen-bond donors (Lipinski definition) is 0. The van der Waals surface area contributed by atoms with Gasteiger partial charge in [0.25, 0.3) is 0 Å². The molecule has 1 heterocycles. The van der Waals surface area contributed by atoms with Gasteiger partial charge in [-0.25, -0.2) is 4.39 Å². The third kappa shape index (κ3) is 3.88. The Morgan fingerprint density at radius 1 is 1.00 bits per heavy atom. The van der Waals surface area contributed by atoms with Gasteiger partial charge in [-0.05, 0) is 24.1 Å². The minimum atomic E-state index is -7.64. The summed E-state index contributed by atoms with van der Waals surface area (Å²) in [7, 11) is 0.652. The number of carbonyl (C=O) groups excluding carboxylic acids is 1. The summed E-state index contributed by atoms with van der Waals surface area (Å²) < 4.78 is 159. The maximum absolute atomic E-state index is 15.6. The molecule has 2 rings (SSSR count). The zero-order chi connectivity index (χ0) is 26.5. The molecule has 0 radical (unpaired) electrons. The van der Waals surface area contributed by atoms with Crippen molar-refractivity contribution in [1.29, 1.82) is 0 Å². The monoisotopic (exact) mass is 537 g/mol. The number of esters is 1. The van der Waals surface area contributed by atoms with Crippen molar-refractivity contribution in [2.24, 2.45) is 5.92 Å². The molecule has 0 bridgehead atoms. The first-order valence-electron chi connectivity index (χ1n) is 9.12. The van der Waals surface area contributed by atoms with Crippen molar-refractivity contribution in [2.75, 3.05) is 13.7 Å². The highest BCUT2D eigenvalue weighted by molar-refractivity contribution is 6.22. The fourth-order valence-electron chi connectivity index (χ4n) is 3.34. The van der Waals surface area contributed by atoms with E-state index in [-0.39, 0.29) is 10.6 Å². The lowest BCUT2D eigenvalue weighted by atomic mass is 9.81. The van der Waals surface area contributed by atoms with Gasteiger partial charge in [0.1, 0.15) is 5.92 Å². The van der Waals surface area contributed by atoms with Gasteiger partial charge in [-0.2, -0.15) is 49.0 Å². The van der Waals surface area contributed by atoms with Crippen molar-refractivity contribution in [2.45, 2.75) is 47.9 Å². The first kappa shape index (κ1) is 28.4. The minimum absolute atomic E-state index is 0.0906. The van der Waals surface area contributed by atoms with Crippen LogP contribution in [-0.2, 0) is 14.4 Å². The highest BCUT2D eigenvalue weighted by atomic mass is 35.5. The van der Waals surface area contributed by atoms with Crippen molar-refractivity contribution >= 4 is 17.6 Å². The number of carbonyl (C=O) groups is 1. The van der Waals surface area contributed by atoms with Crippen LogP contribution >= 0.6 is 11.6 Å². The molecule has 1 fully saturated rings. The molecule has 0 saturated carbocycles. The quantitative estimate of drug-likeness (QED) is 0.238. The second kappa shape index (κ2) is 8.66. The van der Waals surface area contributed by atoms with E-state index >= 15 is 4.39 Å². The molecule has 0 unspecified atom stereocenters. The molecule has 0 N–H and O–H groups in total. The average Bonchev–Trinajstić information content (AvgIpc) is 2.99. The third-order valence-corrected chi connectivity index (χ3v) is 5.27. The fourth-order valence-corrected chi connectivity index (χ4v) is 3.46. The number of halogens is 12. The highest BCUT2D eigenvalue weighted by Crippen LogP contribution is 2.64. The van der Waals surface area contributed by atoms with Gasteiger partial charge in [-0.3, -0.25) is 9.63 Å². The van der Waals surface area contributed by atoms with Crippen LogP contribution in [0.4, 0.5) is 48.3 Å².